The van der Waals surface area contributed by atoms with E-state index in [0.717, 1.165) is 24.0 Å². The number of carbonyl (C=O) groups is 3. The number of carbonyl (C=O) groups excluding carboxylic acids is 2. The molecule has 1 fully saturated rings. The fourth-order valence-electron chi connectivity index (χ4n) is 4.87. The van der Waals surface area contributed by atoms with Crippen LogP contribution in [0.3, 0.4) is 0 Å². The molecule has 0 saturated heterocycles. The average molecular weight is 453 g/mol. The molecule has 8 heteroatoms. The number of fused-ring (bicyclic) bond motifs is 2. The van der Waals surface area contributed by atoms with Gasteiger partial charge >= 0.3 is 12.1 Å². The van der Waals surface area contributed by atoms with Gasteiger partial charge in [0, 0.05) is 24.9 Å². The maximum Gasteiger partial charge on any atom is 0.414 e. The fourth-order valence-corrected chi connectivity index (χ4v) is 4.87. The van der Waals surface area contributed by atoms with Gasteiger partial charge < -0.3 is 19.8 Å². The van der Waals surface area contributed by atoms with Gasteiger partial charge in [-0.15, -0.1) is 0 Å². The highest BCUT2D eigenvalue weighted by molar-refractivity contribution is 5.91. The molecule has 2 N–H and O–H groups in total. The number of carboxylic acid groups (broad SMARTS) is 1. The molecule has 0 spiro atoms. The van der Waals surface area contributed by atoms with Crippen LogP contribution in [-0.2, 0) is 20.9 Å². The maximum atomic E-state index is 13.2. The van der Waals surface area contributed by atoms with E-state index in [1.165, 1.54) is 0 Å². The highest BCUT2D eigenvalue weighted by atomic mass is 16.6. The van der Waals surface area contributed by atoms with E-state index >= 15 is 0 Å². The van der Waals surface area contributed by atoms with Gasteiger partial charge in [0.2, 0.25) is 5.91 Å². The number of hydrogen-bond acceptors (Lipinski definition) is 5. The van der Waals surface area contributed by atoms with Crippen LogP contribution in [0, 0.1) is 5.92 Å². The Morgan fingerprint density at radius 1 is 1.00 bits per heavy atom. The monoisotopic (exact) mass is 452 g/mol. The first-order chi connectivity index (χ1) is 16.0. The normalized spacial score (nSPS) is 20.8. The predicted octanol–water partition coefficient (Wildman–Crippen LogP) is 3.35. The molecule has 0 radical (unpaired) electrons. The van der Waals surface area contributed by atoms with E-state index in [-0.39, 0.29) is 56.5 Å². The molecule has 3 atom stereocenters. The summed E-state index contributed by atoms with van der Waals surface area (Å²) in [6.07, 6.45) is 0.785. The van der Waals surface area contributed by atoms with Crippen LogP contribution in [0.25, 0.3) is 0 Å². The lowest BCUT2D eigenvalue weighted by molar-refractivity contribution is -0.143. The highest BCUT2D eigenvalue weighted by Crippen LogP contribution is 2.52. The molecule has 8 nitrogen and oxygen atoms in total. The standard InChI is InChI=1S/C25H28N2O6/c28-15-14-26(22(29)12-13-23(30)31)24-18-8-4-5-9-20(18)27(21-11-10-19(21)24)25(32)33-16-17-6-2-1-3-7-17/h1-9,19,21,24,28H,10-16H2,(H,30,31). The number of aliphatic carboxylic acids is 1. The number of aliphatic hydroxyl groups excluding tert-OH is 1. The van der Waals surface area contributed by atoms with Crippen LogP contribution in [0.4, 0.5) is 10.5 Å². The minimum absolute atomic E-state index is 0.00972. The van der Waals surface area contributed by atoms with E-state index in [9.17, 15) is 19.5 Å². The molecule has 2 aromatic rings. The zero-order valence-corrected chi connectivity index (χ0v) is 18.3. The van der Waals surface area contributed by atoms with Gasteiger partial charge in [-0.2, -0.15) is 0 Å². The summed E-state index contributed by atoms with van der Waals surface area (Å²) in [5.74, 6) is -1.35. The Hall–Kier alpha value is -3.39. The SMILES string of the molecule is O=C(O)CCC(=O)N(CCO)C1c2ccccc2N(C(=O)OCc2ccccc2)C2CCC12. The summed E-state index contributed by atoms with van der Waals surface area (Å²) in [6, 6.07) is 16.5. The molecule has 2 aliphatic rings. The molecule has 174 valence electrons. The van der Waals surface area contributed by atoms with Crippen LogP contribution in [0.15, 0.2) is 54.6 Å². The summed E-state index contributed by atoms with van der Waals surface area (Å²) in [5.41, 5.74) is 2.40. The Kier molecular flexibility index (Phi) is 6.93. The molecular weight excluding hydrogens is 424 g/mol. The highest BCUT2D eigenvalue weighted by Gasteiger charge is 2.51. The van der Waals surface area contributed by atoms with Crippen LogP contribution in [0.2, 0.25) is 0 Å². The van der Waals surface area contributed by atoms with E-state index in [4.69, 9.17) is 9.84 Å². The average Bonchev–Trinajstić information content (AvgIpc) is 2.81. The molecule has 3 unspecified atom stereocenters. The van der Waals surface area contributed by atoms with Crippen LogP contribution >= 0.6 is 0 Å². The van der Waals surface area contributed by atoms with E-state index in [1.807, 2.05) is 54.6 Å². The van der Waals surface area contributed by atoms with Crippen LogP contribution in [0.1, 0.15) is 42.9 Å². The summed E-state index contributed by atoms with van der Waals surface area (Å²) in [4.78, 5) is 40.4. The number of hydrogen-bond donors (Lipinski definition) is 2. The van der Waals surface area contributed by atoms with Gasteiger partial charge in [-0.3, -0.25) is 14.5 Å². The van der Waals surface area contributed by atoms with Crippen LogP contribution in [-0.4, -0.2) is 52.3 Å². The van der Waals surface area contributed by atoms with Crippen molar-refractivity contribution in [3.63, 3.8) is 0 Å². The summed E-state index contributed by atoms with van der Waals surface area (Å²) < 4.78 is 5.63. The molecule has 1 aliphatic heterocycles. The van der Waals surface area contributed by atoms with Crippen molar-refractivity contribution in [2.75, 3.05) is 18.1 Å². The predicted molar refractivity (Wildman–Crippen MR) is 120 cm³/mol. The zero-order valence-electron chi connectivity index (χ0n) is 18.3. The summed E-state index contributed by atoms with van der Waals surface area (Å²) in [5, 5.41) is 18.6. The van der Waals surface area contributed by atoms with Crippen molar-refractivity contribution in [3.05, 3.63) is 65.7 Å². The van der Waals surface area contributed by atoms with Gasteiger partial charge in [0.1, 0.15) is 6.61 Å². The molecule has 1 heterocycles. The summed E-state index contributed by atoms with van der Waals surface area (Å²) in [7, 11) is 0. The number of carboxylic acids is 1. The van der Waals surface area contributed by atoms with Crippen molar-refractivity contribution in [2.45, 2.75) is 44.4 Å². The molecule has 4 rings (SSSR count). The van der Waals surface area contributed by atoms with Crippen molar-refractivity contribution in [2.24, 2.45) is 5.92 Å². The third kappa shape index (κ3) is 4.71. The topological polar surface area (TPSA) is 107 Å². The largest absolute Gasteiger partial charge is 0.481 e. The Balaban J connectivity index is 1.61. The number of ether oxygens (including phenoxy) is 1. The number of nitrogens with zero attached hydrogens (tertiary/aromatic N) is 2. The molecule has 0 bridgehead atoms. The van der Waals surface area contributed by atoms with Crippen molar-refractivity contribution >= 4 is 23.7 Å². The molecule has 1 saturated carbocycles. The van der Waals surface area contributed by atoms with Crippen LogP contribution in [0.5, 0.6) is 0 Å². The van der Waals surface area contributed by atoms with Crippen LogP contribution < -0.4 is 4.90 Å². The first-order valence-electron chi connectivity index (χ1n) is 11.2. The Labute approximate surface area is 192 Å². The number of anilines is 1. The fraction of sp³-hybridized carbons (Fsp3) is 0.400. The summed E-state index contributed by atoms with van der Waals surface area (Å²) >= 11 is 0. The second kappa shape index (κ2) is 10.0. The van der Waals surface area contributed by atoms with Crippen molar-refractivity contribution in [1.82, 2.24) is 4.90 Å². The maximum absolute atomic E-state index is 13.2. The quantitative estimate of drug-likeness (QED) is 0.636. The number of benzene rings is 2. The lowest BCUT2D eigenvalue weighted by Crippen LogP contribution is -2.59. The smallest absolute Gasteiger partial charge is 0.414 e. The molecule has 0 aromatic heterocycles. The number of para-hydroxylation sites is 1. The number of rotatable bonds is 8. The van der Waals surface area contributed by atoms with Gasteiger partial charge in [0.25, 0.3) is 0 Å². The van der Waals surface area contributed by atoms with Gasteiger partial charge in [-0.05, 0) is 30.0 Å². The zero-order chi connectivity index (χ0) is 23.4. The van der Waals surface area contributed by atoms with Crippen molar-refractivity contribution in [3.8, 4) is 0 Å². The molecule has 2 amide bonds. The lowest BCUT2D eigenvalue weighted by atomic mass is 9.68. The molecular formula is C25H28N2O6. The molecule has 1 aliphatic carbocycles. The van der Waals surface area contributed by atoms with E-state index in [2.05, 4.69) is 0 Å². The van der Waals surface area contributed by atoms with E-state index in [0.29, 0.717) is 5.69 Å². The van der Waals surface area contributed by atoms with Gasteiger partial charge in [-0.1, -0.05) is 48.5 Å². The van der Waals surface area contributed by atoms with Gasteiger partial charge in [0.15, 0.2) is 0 Å². The third-order valence-corrected chi connectivity index (χ3v) is 6.49. The Bertz CT molecular complexity index is 1010. The molecule has 33 heavy (non-hydrogen) atoms. The van der Waals surface area contributed by atoms with Gasteiger partial charge in [0.05, 0.1) is 24.8 Å². The minimum Gasteiger partial charge on any atom is -0.481 e. The van der Waals surface area contributed by atoms with Crippen molar-refractivity contribution < 1.29 is 29.3 Å². The third-order valence-electron chi connectivity index (χ3n) is 6.49. The molecule has 2 aromatic carbocycles. The van der Waals surface area contributed by atoms with Crippen molar-refractivity contribution in [1.29, 1.82) is 0 Å². The first-order valence-corrected chi connectivity index (χ1v) is 11.2. The van der Waals surface area contributed by atoms with E-state index in [1.54, 1.807) is 9.80 Å². The summed E-state index contributed by atoms with van der Waals surface area (Å²) in [6.45, 7) is 0.0558. The second-order valence-corrected chi connectivity index (χ2v) is 8.43. The second-order valence-electron chi connectivity index (χ2n) is 8.43. The minimum atomic E-state index is -1.04. The number of aliphatic hydroxyl groups is 1. The number of amides is 2. The Morgan fingerprint density at radius 3 is 2.39 bits per heavy atom. The van der Waals surface area contributed by atoms with E-state index < -0.39 is 12.1 Å². The van der Waals surface area contributed by atoms with Gasteiger partial charge in [-0.25, -0.2) is 4.79 Å². The Morgan fingerprint density at radius 2 is 1.73 bits per heavy atom. The first kappa shape index (κ1) is 22.8. The lowest BCUT2D eigenvalue weighted by Gasteiger charge is -2.54.